The third-order valence-electron chi connectivity index (χ3n) is 4.47. The Balaban J connectivity index is 1.80. The van der Waals surface area contributed by atoms with Crippen molar-refractivity contribution in [3.8, 4) is 0 Å². The van der Waals surface area contributed by atoms with Gasteiger partial charge in [0.2, 0.25) is 0 Å². The lowest BCUT2D eigenvalue weighted by Crippen LogP contribution is -2.27. The summed E-state index contributed by atoms with van der Waals surface area (Å²) >= 11 is 3.24. The number of thioether (sulfide) groups is 1. The van der Waals surface area contributed by atoms with Crippen LogP contribution in [0.1, 0.15) is 42.7 Å². The monoisotopic (exact) mass is 350 g/mol. The Hall–Kier alpha value is -1.34. The van der Waals surface area contributed by atoms with Gasteiger partial charge in [0.25, 0.3) is 5.56 Å². The number of nitrogens with zero attached hydrogens (tertiary/aromatic N) is 2. The van der Waals surface area contributed by atoms with Gasteiger partial charge in [0.05, 0.1) is 24.5 Å². The highest BCUT2D eigenvalue weighted by Gasteiger charge is 2.31. The largest absolute Gasteiger partial charge is 0.466 e. The average Bonchev–Trinajstić information content (AvgIpc) is 3.09. The number of rotatable bonds is 3. The van der Waals surface area contributed by atoms with E-state index in [2.05, 4.69) is 0 Å². The van der Waals surface area contributed by atoms with Crippen molar-refractivity contribution >= 4 is 39.3 Å². The number of hydrogen-bond acceptors (Lipinski definition) is 6. The average molecular weight is 350 g/mol. The number of carbonyl (C=O) groups excluding carboxylic acids is 1. The fraction of sp³-hybridized carbons (Fsp3) is 0.562. The van der Waals surface area contributed by atoms with E-state index in [9.17, 15) is 9.59 Å². The van der Waals surface area contributed by atoms with Gasteiger partial charge in [-0.3, -0.25) is 14.2 Å². The van der Waals surface area contributed by atoms with Crippen molar-refractivity contribution in [3.05, 3.63) is 20.8 Å². The fourth-order valence-corrected chi connectivity index (χ4v) is 5.88. The van der Waals surface area contributed by atoms with Gasteiger partial charge in [-0.05, 0) is 38.2 Å². The van der Waals surface area contributed by atoms with Crippen LogP contribution in [0.5, 0.6) is 0 Å². The Bertz CT molecular complexity index is 840. The zero-order chi connectivity index (χ0) is 16.0. The molecule has 1 atom stereocenters. The van der Waals surface area contributed by atoms with Crippen LogP contribution in [0.25, 0.3) is 10.2 Å². The Morgan fingerprint density at radius 3 is 3.04 bits per heavy atom. The predicted octanol–water partition coefficient (Wildman–Crippen LogP) is 2.94. The topological polar surface area (TPSA) is 61.2 Å². The number of fused-ring (bicyclic) bond motifs is 4. The quantitative estimate of drug-likeness (QED) is 0.629. The number of carbonyl (C=O) groups is 1. The second kappa shape index (κ2) is 5.94. The molecule has 0 saturated heterocycles. The van der Waals surface area contributed by atoms with E-state index in [1.807, 2.05) is 0 Å². The molecule has 2 aromatic rings. The maximum absolute atomic E-state index is 13.1. The van der Waals surface area contributed by atoms with E-state index >= 15 is 0 Å². The summed E-state index contributed by atoms with van der Waals surface area (Å²) in [6.45, 7) is 2.17. The molecule has 0 spiro atoms. The van der Waals surface area contributed by atoms with Gasteiger partial charge in [-0.15, -0.1) is 11.3 Å². The molecular weight excluding hydrogens is 332 g/mol. The molecule has 0 aromatic carbocycles. The van der Waals surface area contributed by atoms with Gasteiger partial charge >= 0.3 is 5.97 Å². The van der Waals surface area contributed by atoms with Crippen molar-refractivity contribution in [3.63, 3.8) is 0 Å². The molecule has 5 nitrogen and oxygen atoms in total. The third-order valence-corrected chi connectivity index (χ3v) is 6.75. The molecule has 0 fully saturated rings. The predicted molar refractivity (Wildman–Crippen MR) is 91.5 cm³/mol. The highest BCUT2D eigenvalue weighted by molar-refractivity contribution is 7.99. The van der Waals surface area contributed by atoms with Crippen LogP contribution in [0.3, 0.4) is 0 Å². The number of esters is 1. The number of aromatic nitrogens is 2. The van der Waals surface area contributed by atoms with Crippen molar-refractivity contribution in [2.75, 3.05) is 12.4 Å². The van der Waals surface area contributed by atoms with Gasteiger partial charge in [-0.1, -0.05) is 11.8 Å². The number of ether oxygens (including phenoxy) is 1. The minimum atomic E-state index is -0.245. The van der Waals surface area contributed by atoms with Crippen LogP contribution >= 0.6 is 23.1 Å². The summed E-state index contributed by atoms with van der Waals surface area (Å²) in [6.07, 6.45) is 4.61. The first-order valence-corrected chi connectivity index (χ1v) is 9.84. The second-order valence-electron chi connectivity index (χ2n) is 5.93. The molecule has 0 radical (unpaired) electrons. The van der Waals surface area contributed by atoms with Crippen LogP contribution in [0.4, 0.5) is 0 Å². The Labute approximate surface area is 142 Å². The van der Waals surface area contributed by atoms with Crippen LogP contribution in [-0.2, 0) is 22.4 Å². The maximum atomic E-state index is 13.1. The lowest BCUT2D eigenvalue weighted by molar-refractivity contribution is -0.143. The molecule has 3 heterocycles. The number of thiophene rings is 1. The minimum absolute atomic E-state index is 0.0312. The van der Waals surface area contributed by atoms with E-state index in [4.69, 9.17) is 9.72 Å². The zero-order valence-electron chi connectivity index (χ0n) is 13.0. The summed E-state index contributed by atoms with van der Waals surface area (Å²) in [5, 5.41) is 1.54. The smallest absolute Gasteiger partial charge is 0.307 e. The van der Waals surface area contributed by atoms with E-state index in [-0.39, 0.29) is 24.0 Å². The van der Waals surface area contributed by atoms with Gasteiger partial charge in [-0.2, -0.15) is 0 Å². The fourth-order valence-electron chi connectivity index (χ4n) is 3.43. The molecule has 0 amide bonds. The lowest BCUT2D eigenvalue weighted by Gasteiger charge is -2.13. The van der Waals surface area contributed by atoms with Crippen LogP contribution in [0, 0.1) is 0 Å². The number of aryl methyl sites for hydroxylation is 2. The molecule has 122 valence electrons. The standard InChI is InChI=1S/C16H18N2O3S2/c1-2-21-12(19)7-9-8-22-16-17-14-13(15(20)18(9)16)10-5-3-4-6-11(10)23-14/h9H,2-8H2,1H3/t9-/m1/s1. The van der Waals surface area contributed by atoms with E-state index in [1.165, 1.54) is 16.9 Å². The molecule has 0 saturated carbocycles. The molecule has 4 rings (SSSR count). The molecule has 7 heteroatoms. The normalized spacial score (nSPS) is 19.6. The zero-order valence-corrected chi connectivity index (χ0v) is 14.6. The van der Waals surface area contributed by atoms with Crippen LogP contribution < -0.4 is 5.56 Å². The van der Waals surface area contributed by atoms with Gasteiger partial charge in [-0.25, -0.2) is 4.98 Å². The van der Waals surface area contributed by atoms with E-state index in [0.717, 1.165) is 34.6 Å². The Kier molecular flexibility index (Phi) is 3.93. The molecular formula is C16H18N2O3S2. The third kappa shape index (κ3) is 2.50. The van der Waals surface area contributed by atoms with Crippen molar-refractivity contribution in [2.45, 2.75) is 50.2 Å². The van der Waals surface area contributed by atoms with Crippen molar-refractivity contribution in [1.29, 1.82) is 0 Å². The SMILES string of the molecule is CCOC(=O)C[C@@H]1CSc2nc3sc4c(c3c(=O)n21)CCCC4. The molecule has 1 aliphatic heterocycles. The van der Waals surface area contributed by atoms with Gasteiger partial charge in [0.1, 0.15) is 4.83 Å². The molecule has 2 aromatic heterocycles. The van der Waals surface area contributed by atoms with Gasteiger partial charge in [0, 0.05) is 10.6 Å². The number of hydrogen-bond donors (Lipinski definition) is 0. The van der Waals surface area contributed by atoms with Crippen LogP contribution in [-0.4, -0.2) is 27.9 Å². The van der Waals surface area contributed by atoms with Gasteiger partial charge in [0.15, 0.2) is 5.16 Å². The summed E-state index contributed by atoms with van der Waals surface area (Å²) in [5.41, 5.74) is 1.24. The van der Waals surface area contributed by atoms with Crippen LogP contribution in [0.15, 0.2) is 9.95 Å². The van der Waals surface area contributed by atoms with Gasteiger partial charge < -0.3 is 4.74 Å². The van der Waals surface area contributed by atoms with E-state index < -0.39 is 0 Å². The second-order valence-corrected chi connectivity index (χ2v) is 8.01. The molecule has 23 heavy (non-hydrogen) atoms. The summed E-state index contributed by atoms with van der Waals surface area (Å²) in [5.74, 6) is 0.464. The lowest BCUT2D eigenvalue weighted by atomic mass is 9.97. The molecule has 0 N–H and O–H groups in total. The summed E-state index contributed by atoms with van der Waals surface area (Å²) in [4.78, 5) is 31.8. The summed E-state index contributed by atoms with van der Waals surface area (Å²) in [6, 6.07) is -0.141. The van der Waals surface area contributed by atoms with Crippen LogP contribution in [0.2, 0.25) is 0 Å². The van der Waals surface area contributed by atoms with Crippen molar-refractivity contribution < 1.29 is 9.53 Å². The minimum Gasteiger partial charge on any atom is -0.466 e. The molecule has 0 unspecified atom stereocenters. The maximum Gasteiger partial charge on any atom is 0.307 e. The highest BCUT2D eigenvalue weighted by Crippen LogP contribution is 2.38. The first-order valence-electron chi connectivity index (χ1n) is 8.04. The molecule has 0 bridgehead atoms. The van der Waals surface area contributed by atoms with Crippen molar-refractivity contribution in [2.24, 2.45) is 0 Å². The van der Waals surface area contributed by atoms with Crippen molar-refractivity contribution in [1.82, 2.24) is 9.55 Å². The Morgan fingerprint density at radius 1 is 1.39 bits per heavy atom. The molecule has 2 aliphatic rings. The summed E-state index contributed by atoms with van der Waals surface area (Å²) in [7, 11) is 0. The van der Waals surface area contributed by atoms with E-state index in [0.29, 0.717) is 12.4 Å². The first-order chi connectivity index (χ1) is 11.2. The van der Waals surface area contributed by atoms with E-state index in [1.54, 1.807) is 34.6 Å². The summed E-state index contributed by atoms with van der Waals surface area (Å²) < 4.78 is 6.77. The first kappa shape index (κ1) is 15.2. The molecule has 1 aliphatic carbocycles. The Morgan fingerprint density at radius 2 is 2.22 bits per heavy atom. The highest BCUT2D eigenvalue weighted by atomic mass is 32.2.